The van der Waals surface area contributed by atoms with Crippen LogP contribution in [0.5, 0.6) is 0 Å². The molecule has 23 heavy (non-hydrogen) atoms. The predicted molar refractivity (Wildman–Crippen MR) is 97.1 cm³/mol. The second-order valence-corrected chi connectivity index (χ2v) is 6.89. The van der Waals surface area contributed by atoms with E-state index in [-0.39, 0.29) is 0 Å². The minimum Gasteiger partial charge on any atom is -0.352 e. The van der Waals surface area contributed by atoms with E-state index in [1.54, 1.807) is 6.07 Å². The van der Waals surface area contributed by atoms with Gasteiger partial charge in [0, 0.05) is 33.8 Å². The molecule has 2 N–H and O–H groups in total. The van der Waals surface area contributed by atoms with Crippen molar-refractivity contribution in [2.75, 3.05) is 10.6 Å². The maximum atomic E-state index is 6.06. The van der Waals surface area contributed by atoms with Crippen LogP contribution in [0.3, 0.4) is 0 Å². The van der Waals surface area contributed by atoms with Gasteiger partial charge in [-0.25, -0.2) is 4.98 Å². The summed E-state index contributed by atoms with van der Waals surface area (Å²) in [6, 6.07) is 7.70. The molecule has 0 aliphatic heterocycles. The molecule has 1 aromatic carbocycles. The first-order valence-electron chi connectivity index (χ1n) is 7.92. The highest BCUT2D eigenvalue weighted by Gasteiger charge is 2.26. The molecule has 1 heterocycles. The summed E-state index contributed by atoms with van der Waals surface area (Å²) in [5, 5.41) is 7.81. The van der Waals surface area contributed by atoms with Gasteiger partial charge in [0.2, 0.25) is 5.95 Å². The molecule has 6 heteroatoms. The summed E-state index contributed by atoms with van der Waals surface area (Å²) in [6.07, 6.45) is 3.41. The van der Waals surface area contributed by atoms with E-state index in [4.69, 9.17) is 23.2 Å². The van der Waals surface area contributed by atoms with E-state index >= 15 is 0 Å². The third-order valence-corrected chi connectivity index (χ3v) is 4.30. The van der Waals surface area contributed by atoms with Gasteiger partial charge in [0.15, 0.2) is 0 Å². The van der Waals surface area contributed by atoms with Crippen LogP contribution >= 0.6 is 23.2 Å². The van der Waals surface area contributed by atoms with Gasteiger partial charge in [-0.05, 0) is 44.4 Å². The molecule has 0 bridgehead atoms. The van der Waals surface area contributed by atoms with Crippen LogP contribution in [-0.2, 0) is 0 Å². The lowest BCUT2D eigenvalue weighted by Gasteiger charge is -2.14. The monoisotopic (exact) mass is 350 g/mol. The average Bonchev–Trinajstić information content (AvgIpc) is 3.30. The van der Waals surface area contributed by atoms with Crippen molar-refractivity contribution < 1.29 is 0 Å². The maximum absolute atomic E-state index is 6.06. The Kier molecular flexibility index (Phi) is 4.93. The number of halogens is 2. The first-order chi connectivity index (χ1) is 11.0. The molecule has 2 aromatic rings. The number of anilines is 3. The Labute approximate surface area is 146 Å². The van der Waals surface area contributed by atoms with Crippen molar-refractivity contribution in [2.24, 2.45) is 0 Å². The average molecular weight is 351 g/mol. The standard InChI is InChI=1S/C17H20Cl2N4/c1-3-10(2)20-17-22-15(11-4-5-11)9-16(23-17)21-14-7-12(18)6-13(19)8-14/h6-11H,3-5H2,1-2H3,(H2,20,21,22,23)/t10-/m0/s1. The van der Waals surface area contributed by atoms with Gasteiger partial charge in [-0.1, -0.05) is 30.1 Å². The van der Waals surface area contributed by atoms with E-state index in [1.165, 1.54) is 12.8 Å². The Morgan fingerprint density at radius 2 is 1.83 bits per heavy atom. The minimum atomic E-state index is 0.331. The van der Waals surface area contributed by atoms with Crippen LogP contribution < -0.4 is 10.6 Å². The highest BCUT2D eigenvalue weighted by Crippen LogP contribution is 2.40. The number of aromatic nitrogens is 2. The van der Waals surface area contributed by atoms with Crippen LogP contribution in [0.1, 0.15) is 44.7 Å². The first-order valence-corrected chi connectivity index (χ1v) is 8.67. The largest absolute Gasteiger partial charge is 0.352 e. The molecule has 0 saturated heterocycles. The SMILES string of the molecule is CC[C@H](C)Nc1nc(Nc2cc(Cl)cc(Cl)c2)cc(C2CC2)n1. The fourth-order valence-electron chi connectivity index (χ4n) is 2.28. The Bertz CT molecular complexity index is 681. The molecule has 4 nitrogen and oxygen atoms in total. The van der Waals surface area contributed by atoms with Gasteiger partial charge >= 0.3 is 0 Å². The number of benzene rings is 1. The van der Waals surface area contributed by atoms with Crippen LogP contribution in [0, 0.1) is 0 Å². The maximum Gasteiger partial charge on any atom is 0.225 e. The van der Waals surface area contributed by atoms with E-state index in [0.717, 1.165) is 23.6 Å². The molecule has 3 rings (SSSR count). The fourth-order valence-corrected chi connectivity index (χ4v) is 2.81. The summed E-state index contributed by atoms with van der Waals surface area (Å²) in [5.41, 5.74) is 1.90. The lowest BCUT2D eigenvalue weighted by Crippen LogP contribution is -2.16. The van der Waals surface area contributed by atoms with Gasteiger partial charge in [0.25, 0.3) is 0 Å². The van der Waals surface area contributed by atoms with Crippen LogP contribution in [0.15, 0.2) is 24.3 Å². The van der Waals surface area contributed by atoms with Crippen LogP contribution in [0.4, 0.5) is 17.5 Å². The van der Waals surface area contributed by atoms with Crippen molar-refractivity contribution in [3.8, 4) is 0 Å². The fraction of sp³-hybridized carbons (Fsp3) is 0.412. The molecule has 1 atom stereocenters. The second-order valence-electron chi connectivity index (χ2n) is 6.01. The van der Waals surface area contributed by atoms with E-state index in [2.05, 4.69) is 34.4 Å². The van der Waals surface area contributed by atoms with Gasteiger partial charge in [0.05, 0.1) is 5.69 Å². The molecule has 0 unspecified atom stereocenters. The summed E-state index contributed by atoms with van der Waals surface area (Å²) in [7, 11) is 0. The normalized spacial score (nSPS) is 15.3. The van der Waals surface area contributed by atoms with Gasteiger partial charge in [-0.15, -0.1) is 0 Å². The summed E-state index contributed by atoms with van der Waals surface area (Å²) < 4.78 is 0. The number of hydrogen-bond acceptors (Lipinski definition) is 4. The topological polar surface area (TPSA) is 49.8 Å². The minimum absolute atomic E-state index is 0.331. The lowest BCUT2D eigenvalue weighted by molar-refractivity contribution is 0.750. The van der Waals surface area contributed by atoms with Crippen molar-refractivity contribution in [1.29, 1.82) is 0 Å². The molecule has 1 saturated carbocycles. The molecule has 0 amide bonds. The zero-order chi connectivity index (χ0) is 16.4. The van der Waals surface area contributed by atoms with Crippen molar-refractivity contribution in [3.63, 3.8) is 0 Å². The van der Waals surface area contributed by atoms with Gasteiger partial charge in [-0.2, -0.15) is 4.98 Å². The number of rotatable bonds is 6. The van der Waals surface area contributed by atoms with Crippen molar-refractivity contribution in [1.82, 2.24) is 9.97 Å². The van der Waals surface area contributed by atoms with Crippen molar-refractivity contribution in [2.45, 2.75) is 45.1 Å². The van der Waals surface area contributed by atoms with Crippen molar-refractivity contribution >= 4 is 40.7 Å². The second kappa shape index (κ2) is 6.93. The van der Waals surface area contributed by atoms with E-state index in [0.29, 0.717) is 28.0 Å². The summed E-state index contributed by atoms with van der Waals surface area (Å²) >= 11 is 12.1. The van der Waals surface area contributed by atoms with E-state index in [1.807, 2.05) is 18.2 Å². The summed E-state index contributed by atoms with van der Waals surface area (Å²) in [4.78, 5) is 9.21. The number of hydrogen-bond donors (Lipinski definition) is 2. The first kappa shape index (κ1) is 16.3. The molecule has 1 aromatic heterocycles. The smallest absolute Gasteiger partial charge is 0.225 e. The predicted octanol–water partition coefficient (Wildman–Crippen LogP) is 5.61. The van der Waals surface area contributed by atoms with Gasteiger partial charge in [0.1, 0.15) is 5.82 Å². The molecule has 122 valence electrons. The van der Waals surface area contributed by atoms with Gasteiger partial charge in [-0.3, -0.25) is 0 Å². The Morgan fingerprint density at radius 1 is 1.13 bits per heavy atom. The zero-order valence-electron chi connectivity index (χ0n) is 13.2. The van der Waals surface area contributed by atoms with Crippen LogP contribution in [0.2, 0.25) is 10.0 Å². The van der Waals surface area contributed by atoms with E-state index < -0.39 is 0 Å². The van der Waals surface area contributed by atoms with Crippen LogP contribution in [-0.4, -0.2) is 16.0 Å². The molecule has 0 radical (unpaired) electrons. The molecular weight excluding hydrogens is 331 g/mol. The number of nitrogens with zero attached hydrogens (tertiary/aromatic N) is 2. The molecule has 1 fully saturated rings. The highest BCUT2D eigenvalue weighted by molar-refractivity contribution is 6.35. The van der Waals surface area contributed by atoms with Gasteiger partial charge < -0.3 is 10.6 Å². The van der Waals surface area contributed by atoms with E-state index in [9.17, 15) is 0 Å². The third kappa shape index (κ3) is 4.49. The number of nitrogens with one attached hydrogen (secondary N) is 2. The Morgan fingerprint density at radius 3 is 2.43 bits per heavy atom. The summed E-state index contributed by atoms with van der Waals surface area (Å²) in [5.74, 6) is 1.98. The molecule has 1 aliphatic rings. The Hall–Kier alpha value is -1.52. The molecular formula is C17H20Cl2N4. The lowest BCUT2D eigenvalue weighted by atomic mass is 10.2. The van der Waals surface area contributed by atoms with Crippen molar-refractivity contribution in [3.05, 3.63) is 40.0 Å². The highest BCUT2D eigenvalue weighted by atomic mass is 35.5. The Balaban J connectivity index is 1.87. The quantitative estimate of drug-likeness (QED) is 0.710. The summed E-state index contributed by atoms with van der Waals surface area (Å²) in [6.45, 7) is 4.26. The zero-order valence-corrected chi connectivity index (χ0v) is 14.7. The molecule has 0 spiro atoms. The van der Waals surface area contributed by atoms with Crippen LogP contribution in [0.25, 0.3) is 0 Å². The third-order valence-electron chi connectivity index (χ3n) is 3.86. The molecule has 1 aliphatic carbocycles.